The fourth-order valence-corrected chi connectivity index (χ4v) is 4.33. The van der Waals surface area contributed by atoms with Crippen molar-refractivity contribution in [3.05, 3.63) is 35.9 Å². The summed E-state index contributed by atoms with van der Waals surface area (Å²) in [5.74, 6) is -1.89. The van der Waals surface area contributed by atoms with E-state index >= 15 is 0 Å². The number of ether oxygens (including phenoxy) is 2. The lowest BCUT2D eigenvalue weighted by Crippen LogP contribution is -2.53. The van der Waals surface area contributed by atoms with E-state index in [-0.39, 0.29) is 30.6 Å². The molecule has 0 bridgehead atoms. The van der Waals surface area contributed by atoms with Crippen molar-refractivity contribution in [1.29, 1.82) is 0 Å². The van der Waals surface area contributed by atoms with Gasteiger partial charge in [0.05, 0.1) is 19.3 Å². The van der Waals surface area contributed by atoms with Gasteiger partial charge in [-0.3, -0.25) is 9.59 Å². The van der Waals surface area contributed by atoms with E-state index in [2.05, 4.69) is 16.0 Å². The largest absolute Gasteiger partial charge is 0.467 e. The van der Waals surface area contributed by atoms with E-state index < -0.39 is 47.8 Å². The molecule has 37 heavy (non-hydrogen) atoms. The molecule has 2 rings (SSSR count). The molecule has 5 atom stereocenters. The third-order valence-corrected chi connectivity index (χ3v) is 6.25. The number of benzene rings is 1. The maximum Gasteiger partial charge on any atom is 0.408 e. The summed E-state index contributed by atoms with van der Waals surface area (Å²) in [7, 11) is 1.26. The number of hydrogen-bond donors (Lipinski definition) is 4. The molecule has 10 nitrogen and oxygen atoms in total. The van der Waals surface area contributed by atoms with Gasteiger partial charge in [0.2, 0.25) is 11.8 Å². The maximum atomic E-state index is 13.2. The van der Waals surface area contributed by atoms with Gasteiger partial charge in [0.15, 0.2) is 0 Å². The molecule has 0 heterocycles. The Hall–Kier alpha value is -3.14. The first-order valence-electron chi connectivity index (χ1n) is 12.7. The van der Waals surface area contributed by atoms with Gasteiger partial charge in [0.1, 0.15) is 17.7 Å². The summed E-state index contributed by atoms with van der Waals surface area (Å²) in [6.07, 6.45) is -0.422. The Balaban J connectivity index is 2.01. The number of esters is 1. The van der Waals surface area contributed by atoms with Crippen LogP contribution in [0.5, 0.6) is 0 Å². The van der Waals surface area contributed by atoms with Crippen molar-refractivity contribution in [1.82, 2.24) is 16.0 Å². The second kappa shape index (κ2) is 13.4. The predicted octanol–water partition coefficient (Wildman–Crippen LogP) is 2.08. The first-order valence-corrected chi connectivity index (χ1v) is 12.7. The van der Waals surface area contributed by atoms with E-state index in [0.29, 0.717) is 12.8 Å². The predicted molar refractivity (Wildman–Crippen MR) is 137 cm³/mol. The average molecular weight is 520 g/mol. The number of aliphatic hydroxyl groups is 1. The minimum Gasteiger partial charge on any atom is -0.467 e. The zero-order valence-corrected chi connectivity index (χ0v) is 22.6. The minimum absolute atomic E-state index is 0.0113. The quantitative estimate of drug-likeness (QED) is 0.347. The normalized spacial score (nSPS) is 21.0. The average Bonchev–Trinajstić information content (AvgIpc) is 3.14. The molecule has 0 aliphatic heterocycles. The Morgan fingerprint density at radius 3 is 2.27 bits per heavy atom. The summed E-state index contributed by atoms with van der Waals surface area (Å²) >= 11 is 0. The zero-order chi connectivity index (χ0) is 27.8. The van der Waals surface area contributed by atoms with Crippen molar-refractivity contribution in [3.8, 4) is 0 Å². The molecular weight excluding hydrogens is 478 g/mol. The Labute approximate surface area is 218 Å². The minimum atomic E-state index is -0.954. The standard InChI is InChI=1S/C27H41N3O7/c1-16(2)22(25(34)36-6)30-21(31)15-18-12-13-19(23(18)32)28-24(33)20(14-17-10-8-7-9-11-17)29-26(35)37-27(3,4)5/h7-11,16,18-20,22-23,32H,12-15H2,1-6H3,(H,28,33)(H,29,35)(H,30,31)/t18-,19-,20-,22-,23-/m0/s1. The second-order valence-electron chi connectivity index (χ2n) is 10.8. The molecule has 1 saturated carbocycles. The Morgan fingerprint density at radius 1 is 1.05 bits per heavy atom. The van der Waals surface area contributed by atoms with E-state index in [0.717, 1.165) is 5.56 Å². The Kier molecular flexibility index (Phi) is 10.9. The third-order valence-electron chi connectivity index (χ3n) is 6.25. The van der Waals surface area contributed by atoms with E-state index in [1.165, 1.54) is 7.11 Å². The van der Waals surface area contributed by atoms with E-state index in [1.54, 1.807) is 34.6 Å². The van der Waals surface area contributed by atoms with Gasteiger partial charge in [-0.25, -0.2) is 9.59 Å². The number of carbonyl (C=O) groups is 4. The van der Waals surface area contributed by atoms with Gasteiger partial charge in [-0.1, -0.05) is 44.2 Å². The number of amides is 3. The maximum absolute atomic E-state index is 13.2. The number of hydrogen-bond acceptors (Lipinski definition) is 7. The van der Waals surface area contributed by atoms with E-state index in [1.807, 2.05) is 30.3 Å². The molecule has 0 spiro atoms. The Morgan fingerprint density at radius 2 is 1.70 bits per heavy atom. The summed E-state index contributed by atoms with van der Waals surface area (Å²) in [5, 5.41) is 19.0. The highest BCUT2D eigenvalue weighted by atomic mass is 16.6. The molecule has 1 aliphatic carbocycles. The van der Waals surface area contributed by atoms with Crippen LogP contribution in [0.25, 0.3) is 0 Å². The van der Waals surface area contributed by atoms with Gasteiger partial charge in [0, 0.05) is 12.8 Å². The molecular formula is C27H41N3O7. The van der Waals surface area contributed by atoms with Gasteiger partial charge in [0.25, 0.3) is 0 Å². The Bertz CT molecular complexity index is 930. The van der Waals surface area contributed by atoms with Crippen LogP contribution >= 0.6 is 0 Å². The summed E-state index contributed by atoms with van der Waals surface area (Å²) < 4.78 is 10.1. The van der Waals surface area contributed by atoms with Crippen molar-refractivity contribution >= 4 is 23.9 Å². The van der Waals surface area contributed by atoms with Crippen molar-refractivity contribution in [2.75, 3.05) is 7.11 Å². The lowest BCUT2D eigenvalue weighted by atomic mass is 9.98. The lowest BCUT2D eigenvalue weighted by Gasteiger charge is -2.26. The molecule has 4 N–H and O–H groups in total. The number of alkyl carbamates (subject to hydrolysis) is 1. The first kappa shape index (κ1) is 30.1. The molecule has 10 heteroatoms. The molecule has 1 aromatic rings. The SMILES string of the molecule is COC(=O)[C@@H](NC(=O)C[C@@H]1CC[C@H](NC(=O)[C@H](Cc2ccccc2)NC(=O)OC(C)(C)C)[C@H]1O)C(C)C. The fourth-order valence-electron chi connectivity index (χ4n) is 4.33. The monoisotopic (exact) mass is 519 g/mol. The molecule has 0 aromatic heterocycles. The number of nitrogens with one attached hydrogen (secondary N) is 3. The van der Waals surface area contributed by atoms with E-state index in [9.17, 15) is 24.3 Å². The van der Waals surface area contributed by atoms with Crippen LogP contribution in [0, 0.1) is 11.8 Å². The van der Waals surface area contributed by atoms with Gasteiger partial charge in [-0.15, -0.1) is 0 Å². The van der Waals surface area contributed by atoms with Crippen LogP contribution < -0.4 is 16.0 Å². The number of carbonyl (C=O) groups excluding carboxylic acids is 4. The highest BCUT2D eigenvalue weighted by molar-refractivity contribution is 5.86. The first-order chi connectivity index (χ1) is 17.3. The van der Waals surface area contributed by atoms with Crippen molar-refractivity contribution < 1.29 is 33.8 Å². The highest BCUT2D eigenvalue weighted by Crippen LogP contribution is 2.29. The number of rotatable bonds is 10. The molecule has 0 unspecified atom stereocenters. The van der Waals surface area contributed by atoms with Crippen LogP contribution in [0.15, 0.2) is 30.3 Å². The van der Waals surface area contributed by atoms with Crippen LogP contribution in [0.4, 0.5) is 4.79 Å². The molecule has 1 aromatic carbocycles. The van der Waals surface area contributed by atoms with Crippen LogP contribution in [0.2, 0.25) is 0 Å². The molecule has 1 fully saturated rings. The second-order valence-corrected chi connectivity index (χ2v) is 10.8. The fraction of sp³-hybridized carbons (Fsp3) is 0.630. The zero-order valence-electron chi connectivity index (χ0n) is 22.6. The van der Waals surface area contributed by atoms with Gasteiger partial charge < -0.3 is 30.5 Å². The molecule has 0 saturated heterocycles. The van der Waals surface area contributed by atoms with E-state index in [4.69, 9.17) is 9.47 Å². The van der Waals surface area contributed by atoms with Gasteiger partial charge in [-0.2, -0.15) is 0 Å². The van der Waals surface area contributed by atoms with Crippen LogP contribution in [0.1, 0.15) is 59.4 Å². The number of aliphatic hydroxyl groups excluding tert-OH is 1. The van der Waals surface area contributed by atoms with Crippen LogP contribution in [-0.2, 0) is 30.3 Å². The molecule has 0 radical (unpaired) electrons. The lowest BCUT2D eigenvalue weighted by molar-refractivity contribution is -0.146. The summed E-state index contributed by atoms with van der Waals surface area (Å²) in [4.78, 5) is 50.1. The molecule has 3 amide bonds. The molecule has 206 valence electrons. The molecule has 1 aliphatic rings. The topological polar surface area (TPSA) is 143 Å². The van der Waals surface area contributed by atoms with Crippen molar-refractivity contribution in [2.45, 2.75) is 90.1 Å². The summed E-state index contributed by atoms with van der Waals surface area (Å²) in [5.41, 5.74) is 0.126. The smallest absolute Gasteiger partial charge is 0.408 e. The highest BCUT2D eigenvalue weighted by Gasteiger charge is 2.38. The number of methoxy groups -OCH3 is 1. The summed E-state index contributed by atoms with van der Waals surface area (Å²) in [6.45, 7) is 8.81. The van der Waals surface area contributed by atoms with Crippen LogP contribution in [0.3, 0.4) is 0 Å². The van der Waals surface area contributed by atoms with Crippen molar-refractivity contribution in [2.24, 2.45) is 11.8 Å². The van der Waals surface area contributed by atoms with Gasteiger partial charge in [-0.05, 0) is 51.0 Å². The van der Waals surface area contributed by atoms with Crippen molar-refractivity contribution in [3.63, 3.8) is 0 Å². The van der Waals surface area contributed by atoms with Crippen LogP contribution in [-0.4, -0.2) is 65.9 Å². The van der Waals surface area contributed by atoms with Gasteiger partial charge >= 0.3 is 12.1 Å². The summed E-state index contributed by atoms with van der Waals surface area (Å²) in [6, 6.07) is 6.99. The third kappa shape index (κ3) is 9.68.